The van der Waals surface area contributed by atoms with Gasteiger partial charge in [0.15, 0.2) is 5.82 Å². The van der Waals surface area contributed by atoms with Gasteiger partial charge in [-0.3, -0.25) is 0 Å². The first-order chi connectivity index (χ1) is 12.6. The van der Waals surface area contributed by atoms with Gasteiger partial charge in [0.1, 0.15) is 23.7 Å². The number of nitrogen functional groups attached to an aromatic ring is 1. The molecule has 0 aliphatic rings. The number of nitrogens with two attached hydrogens (primary N) is 1. The zero-order valence-electron chi connectivity index (χ0n) is 15.0. The number of para-hydroxylation sites is 2. The molecule has 0 fully saturated rings. The van der Waals surface area contributed by atoms with E-state index in [1.807, 2.05) is 48.5 Å². The molecule has 2 heterocycles. The van der Waals surface area contributed by atoms with Gasteiger partial charge in [0.2, 0.25) is 0 Å². The van der Waals surface area contributed by atoms with Crippen LogP contribution in [0.5, 0.6) is 5.75 Å². The van der Waals surface area contributed by atoms with Gasteiger partial charge in [0, 0.05) is 11.9 Å². The standard InChI is InChI=1S/C21H22N4O/c1-14(2)12-25-18(13-26-15-8-4-3-5-9-15)24-19-20(25)16-10-6-7-11-17(16)23-21(19)22/h3-11,14H,12-13H2,1-2H3,(H2,22,23). The van der Waals surface area contributed by atoms with Gasteiger partial charge in [0.25, 0.3) is 0 Å². The largest absolute Gasteiger partial charge is 0.486 e. The Morgan fingerprint density at radius 2 is 1.73 bits per heavy atom. The second kappa shape index (κ2) is 6.67. The molecule has 0 aliphatic carbocycles. The number of hydrogen-bond acceptors (Lipinski definition) is 4. The van der Waals surface area contributed by atoms with Crippen LogP contribution < -0.4 is 10.5 Å². The molecule has 2 aromatic carbocycles. The van der Waals surface area contributed by atoms with Gasteiger partial charge in [0.05, 0.1) is 11.0 Å². The molecule has 0 atom stereocenters. The molecule has 0 aliphatic heterocycles. The highest BCUT2D eigenvalue weighted by atomic mass is 16.5. The number of anilines is 1. The highest BCUT2D eigenvalue weighted by molar-refractivity contribution is 6.06. The molecule has 5 nitrogen and oxygen atoms in total. The van der Waals surface area contributed by atoms with E-state index in [2.05, 4.69) is 29.5 Å². The summed E-state index contributed by atoms with van der Waals surface area (Å²) in [6.07, 6.45) is 0. The molecule has 0 bridgehead atoms. The lowest BCUT2D eigenvalue weighted by atomic mass is 10.1. The van der Waals surface area contributed by atoms with Crippen molar-refractivity contribution >= 4 is 27.8 Å². The Morgan fingerprint density at radius 3 is 2.50 bits per heavy atom. The minimum Gasteiger partial charge on any atom is -0.486 e. The zero-order valence-corrected chi connectivity index (χ0v) is 15.0. The fourth-order valence-corrected chi connectivity index (χ4v) is 3.24. The number of benzene rings is 2. The number of rotatable bonds is 5. The number of nitrogens with zero attached hydrogens (tertiary/aromatic N) is 3. The fourth-order valence-electron chi connectivity index (χ4n) is 3.24. The van der Waals surface area contributed by atoms with Gasteiger partial charge >= 0.3 is 0 Å². The van der Waals surface area contributed by atoms with Gasteiger partial charge < -0.3 is 15.0 Å². The number of aromatic nitrogens is 3. The summed E-state index contributed by atoms with van der Waals surface area (Å²) in [4.78, 5) is 9.30. The van der Waals surface area contributed by atoms with Crippen molar-refractivity contribution in [3.63, 3.8) is 0 Å². The minimum atomic E-state index is 0.388. The number of fused-ring (bicyclic) bond motifs is 3. The van der Waals surface area contributed by atoms with E-state index in [9.17, 15) is 0 Å². The highest BCUT2D eigenvalue weighted by Crippen LogP contribution is 2.29. The van der Waals surface area contributed by atoms with Crippen LogP contribution in [0.1, 0.15) is 19.7 Å². The molecule has 0 unspecified atom stereocenters. The second-order valence-electron chi connectivity index (χ2n) is 6.85. The van der Waals surface area contributed by atoms with E-state index in [4.69, 9.17) is 15.5 Å². The van der Waals surface area contributed by atoms with Gasteiger partial charge in [-0.2, -0.15) is 0 Å². The Hall–Kier alpha value is -3.08. The summed E-state index contributed by atoms with van der Waals surface area (Å²) in [5, 5.41) is 1.07. The molecule has 0 spiro atoms. The lowest BCUT2D eigenvalue weighted by molar-refractivity contribution is 0.287. The molecule has 132 valence electrons. The predicted molar refractivity (Wildman–Crippen MR) is 105 cm³/mol. The van der Waals surface area contributed by atoms with Crippen LogP contribution in [-0.2, 0) is 13.2 Å². The normalized spacial score (nSPS) is 11.5. The van der Waals surface area contributed by atoms with Crippen molar-refractivity contribution in [2.75, 3.05) is 5.73 Å². The number of hydrogen-bond donors (Lipinski definition) is 1. The van der Waals surface area contributed by atoms with Crippen molar-refractivity contribution in [1.29, 1.82) is 0 Å². The Kier molecular flexibility index (Phi) is 4.21. The van der Waals surface area contributed by atoms with Crippen LogP contribution in [0.25, 0.3) is 21.9 Å². The second-order valence-corrected chi connectivity index (χ2v) is 6.85. The van der Waals surface area contributed by atoms with Gasteiger partial charge in [-0.1, -0.05) is 50.2 Å². The fraction of sp³-hybridized carbons (Fsp3) is 0.238. The van der Waals surface area contributed by atoms with Crippen molar-refractivity contribution in [3.8, 4) is 5.75 Å². The lowest BCUT2D eigenvalue weighted by Gasteiger charge is -2.13. The highest BCUT2D eigenvalue weighted by Gasteiger charge is 2.18. The van der Waals surface area contributed by atoms with Crippen LogP contribution in [0, 0.1) is 5.92 Å². The average molecular weight is 346 g/mol. The van der Waals surface area contributed by atoms with E-state index in [0.717, 1.165) is 40.1 Å². The molecule has 4 aromatic rings. The summed E-state index contributed by atoms with van der Waals surface area (Å²) in [5.74, 6) is 2.62. The summed E-state index contributed by atoms with van der Waals surface area (Å²) in [5.41, 5.74) is 8.88. The molecule has 5 heteroatoms. The van der Waals surface area contributed by atoms with Gasteiger partial charge in [-0.05, 0) is 24.1 Å². The van der Waals surface area contributed by atoms with Crippen molar-refractivity contribution in [1.82, 2.24) is 14.5 Å². The summed E-state index contributed by atoms with van der Waals surface area (Å²) in [6.45, 7) is 5.62. The van der Waals surface area contributed by atoms with E-state index in [1.165, 1.54) is 0 Å². The molecule has 26 heavy (non-hydrogen) atoms. The molecular weight excluding hydrogens is 324 g/mol. The lowest BCUT2D eigenvalue weighted by Crippen LogP contribution is -2.11. The summed E-state index contributed by atoms with van der Waals surface area (Å²) in [6, 6.07) is 17.8. The van der Waals surface area contributed by atoms with Crippen LogP contribution in [0.3, 0.4) is 0 Å². The third-order valence-corrected chi connectivity index (χ3v) is 4.35. The maximum Gasteiger partial charge on any atom is 0.152 e. The smallest absolute Gasteiger partial charge is 0.152 e. The third kappa shape index (κ3) is 2.96. The van der Waals surface area contributed by atoms with Crippen molar-refractivity contribution in [2.45, 2.75) is 27.0 Å². The van der Waals surface area contributed by atoms with Crippen LogP contribution in [0.15, 0.2) is 54.6 Å². The first-order valence-electron chi connectivity index (χ1n) is 8.84. The van der Waals surface area contributed by atoms with Crippen LogP contribution in [0.4, 0.5) is 5.82 Å². The number of ether oxygens (including phenoxy) is 1. The van der Waals surface area contributed by atoms with Crippen molar-refractivity contribution < 1.29 is 4.74 Å². The monoisotopic (exact) mass is 346 g/mol. The Morgan fingerprint density at radius 1 is 1.00 bits per heavy atom. The maximum absolute atomic E-state index is 6.21. The topological polar surface area (TPSA) is 66.0 Å². The number of imidazole rings is 1. The maximum atomic E-state index is 6.21. The summed E-state index contributed by atoms with van der Waals surface area (Å²) in [7, 11) is 0. The molecule has 0 saturated heterocycles. The van der Waals surface area contributed by atoms with Gasteiger partial charge in [-0.25, -0.2) is 9.97 Å². The summed E-state index contributed by atoms with van der Waals surface area (Å²) < 4.78 is 8.18. The Balaban J connectivity index is 1.86. The van der Waals surface area contributed by atoms with Crippen LogP contribution in [0.2, 0.25) is 0 Å². The van der Waals surface area contributed by atoms with E-state index in [-0.39, 0.29) is 0 Å². The average Bonchev–Trinajstić information content (AvgIpc) is 3.00. The van der Waals surface area contributed by atoms with E-state index >= 15 is 0 Å². The minimum absolute atomic E-state index is 0.388. The molecular formula is C21H22N4O. The first kappa shape index (κ1) is 16.4. The third-order valence-electron chi connectivity index (χ3n) is 4.35. The molecule has 4 rings (SSSR count). The van der Waals surface area contributed by atoms with Crippen molar-refractivity contribution in [3.05, 3.63) is 60.4 Å². The first-order valence-corrected chi connectivity index (χ1v) is 8.84. The van der Waals surface area contributed by atoms with Gasteiger partial charge in [-0.15, -0.1) is 0 Å². The number of pyridine rings is 1. The molecule has 0 radical (unpaired) electrons. The Labute approximate surface area is 152 Å². The van der Waals surface area contributed by atoms with E-state index in [1.54, 1.807) is 0 Å². The van der Waals surface area contributed by atoms with Crippen molar-refractivity contribution in [2.24, 2.45) is 5.92 Å². The molecule has 0 amide bonds. The Bertz CT molecular complexity index is 1050. The summed E-state index contributed by atoms with van der Waals surface area (Å²) >= 11 is 0. The SMILES string of the molecule is CC(C)Cn1c(COc2ccccc2)nc2c(N)nc3ccccc3c21. The molecule has 2 N–H and O–H groups in total. The zero-order chi connectivity index (χ0) is 18.1. The quantitative estimate of drug-likeness (QED) is 0.581. The van der Waals surface area contributed by atoms with Crippen LogP contribution in [-0.4, -0.2) is 14.5 Å². The predicted octanol–water partition coefficient (Wildman–Crippen LogP) is 4.40. The van der Waals surface area contributed by atoms with E-state index < -0.39 is 0 Å². The van der Waals surface area contributed by atoms with E-state index in [0.29, 0.717) is 18.3 Å². The molecule has 2 aromatic heterocycles. The molecule has 0 saturated carbocycles. The van der Waals surface area contributed by atoms with Crippen LogP contribution >= 0.6 is 0 Å².